The van der Waals surface area contributed by atoms with Gasteiger partial charge in [-0.15, -0.1) is 0 Å². The van der Waals surface area contributed by atoms with Crippen LogP contribution in [-0.4, -0.2) is 39.2 Å². The molecule has 0 unspecified atom stereocenters. The van der Waals surface area contributed by atoms with Crippen molar-refractivity contribution in [1.29, 1.82) is 0 Å². The first-order valence-corrected chi connectivity index (χ1v) is 7.40. The third kappa shape index (κ3) is 3.28. The zero-order chi connectivity index (χ0) is 16.9. The molecule has 3 rings (SSSR count). The van der Waals surface area contributed by atoms with E-state index in [4.69, 9.17) is 12.2 Å². The van der Waals surface area contributed by atoms with E-state index in [0.29, 0.717) is 16.2 Å². The summed E-state index contributed by atoms with van der Waals surface area (Å²) in [5, 5.41) is 11.3. The van der Waals surface area contributed by atoms with E-state index in [1.165, 1.54) is 11.8 Å². The Morgan fingerprint density at radius 1 is 1.33 bits per heavy atom. The van der Waals surface area contributed by atoms with Crippen LogP contribution in [-0.2, 0) is 4.74 Å². The van der Waals surface area contributed by atoms with Crippen LogP contribution in [0, 0.1) is 4.77 Å². The van der Waals surface area contributed by atoms with Gasteiger partial charge < -0.3 is 4.74 Å². The minimum absolute atomic E-state index is 0.372. The number of carbonyl (C=O) groups excluding carboxylic acids is 1. The van der Waals surface area contributed by atoms with E-state index < -0.39 is 0 Å². The summed E-state index contributed by atoms with van der Waals surface area (Å²) >= 11 is 5.21. The van der Waals surface area contributed by atoms with Crippen molar-refractivity contribution in [3.05, 3.63) is 64.7 Å². The van der Waals surface area contributed by atoms with Gasteiger partial charge in [-0.2, -0.15) is 14.9 Å². The molecular weight excluding hydrogens is 326 g/mol. The fourth-order valence-corrected chi connectivity index (χ4v) is 2.21. The standard InChI is InChI=1S/C16H13N5O2S/c1-23-15(22)12-6-4-11(5-7-12)9-18-21-14(19-20-16(21)24)13-3-2-8-17-10-13/h2-10H,1H3,(H,20,24)/b18-9+. The van der Waals surface area contributed by atoms with Crippen LogP contribution in [0.1, 0.15) is 15.9 Å². The SMILES string of the molecule is COC(=O)c1ccc(/C=N/n2c(-c3cccnc3)n[nH]c2=S)cc1. The average Bonchev–Trinajstić information content (AvgIpc) is 3.01. The van der Waals surface area contributed by atoms with E-state index >= 15 is 0 Å². The first-order chi connectivity index (χ1) is 11.7. The summed E-state index contributed by atoms with van der Waals surface area (Å²) in [5.74, 6) is 0.185. The molecule has 120 valence electrons. The number of hydrogen-bond donors (Lipinski definition) is 1. The number of H-pyrrole nitrogens is 1. The van der Waals surface area contributed by atoms with Gasteiger partial charge in [0, 0.05) is 18.0 Å². The van der Waals surface area contributed by atoms with Gasteiger partial charge in [0.25, 0.3) is 0 Å². The zero-order valence-electron chi connectivity index (χ0n) is 12.7. The number of benzene rings is 1. The van der Waals surface area contributed by atoms with E-state index in [9.17, 15) is 4.79 Å². The van der Waals surface area contributed by atoms with Gasteiger partial charge >= 0.3 is 5.97 Å². The molecule has 0 fully saturated rings. The maximum atomic E-state index is 11.4. The zero-order valence-corrected chi connectivity index (χ0v) is 13.5. The Morgan fingerprint density at radius 3 is 2.79 bits per heavy atom. The monoisotopic (exact) mass is 339 g/mol. The van der Waals surface area contributed by atoms with Gasteiger partial charge in [-0.05, 0) is 42.0 Å². The lowest BCUT2D eigenvalue weighted by Crippen LogP contribution is -2.01. The molecule has 0 aliphatic carbocycles. The summed E-state index contributed by atoms with van der Waals surface area (Å²) in [6.07, 6.45) is 5.00. The number of carbonyl (C=O) groups is 1. The molecule has 8 heteroatoms. The Kier molecular flexibility index (Phi) is 4.57. The molecule has 0 spiro atoms. The van der Waals surface area contributed by atoms with Gasteiger partial charge in [-0.3, -0.25) is 4.98 Å². The van der Waals surface area contributed by atoms with Gasteiger partial charge in [0.1, 0.15) is 0 Å². The summed E-state index contributed by atoms with van der Waals surface area (Å²) in [6.45, 7) is 0. The molecule has 3 aromatic rings. The van der Waals surface area contributed by atoms with Crippen molar-refractivity contribution in [2.45, 2.75) is 0 Å². The third-order valence-corrected chi connectivity index (χ3v) is 3.49. The van der Waals surface area contributed by atoms with Crippen molar-refractivity contribution < 1.29 is 9.53 Å². The number of aromatic nitrogens is 4. The fraction of sp³-hybridized carbons (Fsp3) is 0.0625. The molecule has 0 aliphatic heterocycles. The Labute approximate surface area is 142 Å². The summed E-state index contributed by atoms with van der Waals surface area (Å²) < 4.78 is 6.55. The van der Waals surface area contributed by atoms with Crippen LogP contribution < -0.4 is 0 Å². The maximum absolute atomic E-state index is 11.4. The second kappa shape index (κ2) is 6.97. The minimum atomic E-state index is -0.380. The first kappa shape index (κ1) is 15.8. The molecule has 1 N–H and O–H groups in total. The molecular formula is C16H13N5O2S. The molecule has 0 saturated carbocycles. The van der Waals surface area contributed by atoms with Gasteiger partial charge in [-0.1, -0.05) is 12.1 Å². The molecule has 0 aliphatic rings. The van der Waals surface area contributed by atoms with Gasteiger partial charge in [0.15, 0.2) is 5.82 Å². The van der Waals surface area contributed by atoms with Crippen LogP contribution in [0.3, 0.4) is 0 Å². The second-order valence-corrected chi connectivity index (χ2v) is 5.15. The summed E-state index contributed by atoms with van der Waals surface area (Å²) in [6, 6.07) is 10.6. The topological polar surface area (TPSA) is 85.2 Å². The van der Waals surface area contributed by atoms with Crippen LogP contribution in [0.2, 0.25) is 0 Å². The summed E-state index contributed by atoms with van der Waals surface area (Å²) in [7, 11) is 1.35. The molecule has 0 atom stereocenters. The lowest BCUT2D eigenvalue weighted by Gasteiger charge is -2.01. The number of rotatable bonds is 4. The van der Waals surface area contributed by atoms with Crippen molar-refractivity contribution in [3.8, 4) is 11.4 Å². The number of pyridine rings is 1. The molecule has 0 saturated heterocycles. The summed E-state index contributed by atoms with van der Waals surface area (Å²) in [4.78, 5) is 15.5. The lowest BCUT2D eigenvalue weighted by molar-refractivity contribution is 0.0600. The summed E-state index contributed by atoms with van der Waals surface area (Å²) in [5.41, 5.74) is 2.08. The van der Waals surface area contributed by atoms with Crippen molar-refractivity contribution in [2.24, 2.45) is 5.10 Å². The number of nitrogens with zero attached hydrogens (tertiary/aromatic N) is 4. The molecule has 0 radical (unpaired) electrons. The molecule has 0 bridgehead atoms. The molecule has 2 aromatic heterocycles. The molecule has 7 nitrogen and oxygen atoms in total. The Balaban J connectivity index is 1.89. The van der Waals surface area contributed by atoms with Crippen molar-refractivity contribution in [3.63, 3.8) is 0 Å². The average molecular weight is 339 g/mol. The highest BCUT2D eigenvalue weighted by Crippen LogP contribution is 2.15. The fourth-order valence-electron chi connectivity index (χ4n) is 2.03. The number of aromatic amines is 1. The van der Waals surface area contributed by atoms with Gasteiger partial charge in [-0.25, -0.2) is 9.89 Å². The number of methoxy groups -OCH3 is 1. The molecule has 2 heterocycles. The first-order valence-electron chi connectivity index (χ1n) is 6.99. The lowest BCUT2D eigenvalue weighted by atomic mass is 10.1. The quantitative estimate of drug-likeness (QED) is 0.449. The highest BCUT2D eigenvalue weighted by molar-refractivity contribution is 7.71. The largest absolute Gasteiger partial charge is 0.465 e. The Bertz CT molecular complexity index is 929. The molecule has 1 aromatic carbocycles. The van der Waals surface area contributed by atoms with Crippen LogP contribution in [0.5, 0.6) is 0 Å². The van der Waals surface area contributed by atoms with Crippen molar-refractivity contribution in [2.75, 3.05) is 7.11 Å². The number of ether oxygens (including phenoxy) is 1. The predicted octanol–water partition coefficient (Wildman–Crippen LogP) is 2.67. The minimum Gasteiger partial charge on any atom is -0.465 e. The number of nitrogens with one attached hydrogen (secondary N) is 1. The normalized spacial score (nSPS) is 10.9. The van der Waals surface area contributed by atoms with E-state index in [1.807, 2.05) is 12.1 Å². The van der Waals surface area contributed by atoms with Crippen LogP contribution >= 0.6 is 12.2 Å². The van der Waals surface area contributed by atoms with Crippen molar-refractivity contribution in [1.82, 2.24) is 19.9 Å². The highest BCUT2D eigenvalue weighted by atomic mass is 32.1. The van der Waals surface area contributed by atoms with E-state index in [2.05, 4.69) is 25.0 Å². The Morgan fingerprint density at radius 2 is 2.12 bits per heavy atom. The van der Waals surface area contributed by atoms with Crippen LogP contribution in [0.25, 0.3) is 11.4 Å². The van der Waals surface area contributed by atoms with Gasteiger partial charge in [0.2, 0.25) is 4.77 Å². The van der Waals surface area contributed by atoms with E-state index in [0.717, 1.165) is 11.1 Å². The predicted molar refractivity (Wildman–Crippen MR) is 91.4 cm³/mol. The van der Waals surface area contributed by atoms with E-state index in [1.54, 1.807) is 42.9 Å². The van der Waals surface area contributed by atoms with Crippen LogP contribution in [0.4, 0.5) is 0 Å². The van der Waals surface area contributed by atoms with Gasteiger partial charge in [0.05, 0.1) is 18.9 Å². The Hall–Kier alpha value is -3.13. The molecule has 24 heavy (non-hydrogen) atoms. The van der Waals surface area contributed by atoms with Crippen molar-refractivity contribution >= 4 is 24.4 Å². The number of esters is 1. The second-order valence-electron chi connectivity index (χ2n) is 4.76. The van der Waals surface area contributed by atoms with E-state index in [-0.39, 0.29) is 5.97 Å². The third-order valence-electron chi connectivity index (χ3n) is 3.22. The number of hydrogen-bond acceptors (Lipinski definition) is 6. The smallest absolute Gasteiger partial charge is 0.337 e. The highest BCUT2D eigenvalue weighted by Gasteiger charge is 2.08. The van der Waals surface area contributed by atoms with Crippen LogP contribution in [0.15, 0.2) is 53.9 Å². The molecule has 0 amide bonds. The maximum Gasteiger partial charge on any atom is 0.337 e.